The first-order chi connectivity index (χ1) is 8.66. The first-order valence-corrected chi connectivity index (χ1v) is 7.05. The predicted octanol–water partition coefficient (Wildman–Crippen LogP) is 0.498. The van der Waals surface area contributed by atoms with Crippen molar-refractivity contribution in [1.29, 1.82) is 5.41 Å². The Hall–Kier alpha value is -0.650. The van der Waals surface area contributed by atoms with Crippen molar-refractivity contribution in [3.63, 3.8) is 0 Å². The van der Waals surface area contributed by atoms with Gasteiger partial charge < -0.3 is 15.4 Å². The summed E-state index contributed by atoms with van der Waals surface area (Å²) in [7, 11) is 2.24. The number of rotatable bonds is 4. The van der Waals surface area contributed by atoms with E-state index in [4.69, 9.17) is 15.9 Å². The van der Waals surface area contributed by atoms with Crippen LogP contribution in [0.4, 0.5) is 0 Å². The quantitative estimate of drug-likeness (QED) is 0.566. The number of hydrogen-bond donors (Lipinski definition) is 2. The van der Waals surface area contributed by atoms with E-state index in [1.807, 2.05) is 0 Å². The third kappa shape index (κ3) is 3.67. The first kappa shape index (κ1) is 13.8. The van der Waals surface area contributed by atoms with Crippen molar-refractivity contribution in [2.24, 2.45) is 5.73 Å². The Bertz CT molecular complexity index is 284. The summed E-state index contributed by atoms with van der Waals surface area (Å²) in [4.78, 5) is 4.88. The molecule has 2 rings (SSSR count). The van der Waals surface area contributed by atoms with E-state index in [9.17, 15) is 0 Å². The Morgan fingerprint density at radius 3 is 2.94 bits per heavy atom. The minimum absolute atomic E-state index is 0.162. The molecule has 3 N–H and O–H groups in total. The van der Waals surface area contributed by atoms with Gasteiger partial charge in [-0.1, -0.05) is 6.42 Å². The van der Waals surface area contributed by atoms with Gasteiger partial charge in [0, 0.05) is 19.1 Å². The van der Waals surface area contributed by atoms with Crippen LogP contribution >= 0.6 is 0 Å². The van der Waals surface area contributed by atoms with E-state index in [-0.39, 0.29) is 11.9 Å². The normalized spacial score (nSPS) is 31.4. The molecular formula is C13H26N4O. The molecule has 5 nitrogen and oxygen atoms in total. The van der Waals surface area contributed by atoms with Crippen molar-refractivity contribution in [3.8, 4) is 0 Å². The van der Waals surface area contributed by atoms with Gasteiger partial charge in [-0.05, 0) is 39.4 Å². The summed E-state index contributed by atoms with van der Waals surface area (Å²) in [5, 5.41) is 7.46. The van der Waals surface area contributed by atoms with Gasteiger partial charge in [0.15, 0.2) is 0 Å². The molecule has 0 aliphatic carbocycles. The zero-order chi connectivity index (χ0) is 13.0. The van der Waals surface area contributed by atoms with Crippen molar-refractivity contribution in [2.75, 3.05) is 39.8 Å². The van der Waals surface area contributed by atoms with Gasteiger partial charge >= 0.3 is 0 Å². The molecule has 0 amide bonds. The lowest BCUT2D eigenvalue weighted by Gasteiger charge is -2.36. The standard InChI is InChI=1S/C13H26N4O/c1-16-6-3-2-4-11(16)5-7-17-8-9-18-12(10-17)13(14)15/h11-12H,2-10H2,1H3,(H3,14,15). The summed E-state index contributed by atoms with van der Waals surface area (Å²) in [5.74, 6) is 0.162. The van der Waals surface area contributed by atoms with Crippen molar-refractivity contribution in [1.82, 2.24) is 9.80 Å². The number of ether oxygens (including phenoxy) is 1. The van der Waals surface area contributed by atoms with Crippen LogP contribution in [0.1, 0.15) is 25.7 Å². The van der Waals surface area contributed by atoms with Crippen LogP contribution in [0.15, 0.2) is 0 Å². The molecule has 0 saturated carbocycles. The van der Waals surface area contributed by atoms with Crippen LogP contribution in [-0.2, 0) is 4.74 Å². The second-order valence-corrected chi connectivity index (χ2v) is 5.53. The molecule has 2 fully saturated rings. The van der Waals surface area contributed by atoms with Crippen LogP contribution in [0.3, 0.4) is 0 Å². The maximum atomic E-state index is 7.46. The molecular weight excluding hydrogens is 228 g/mol. The zero-order valence-corrected chi connectivity index (χ0v) is 11.4. The molecule has 0 spiro atoms. The molecule has 18 heavy (non-hydrogen) atoms. The maximum absolute atomic E-state index is 7.46. The number of nitrogens with zero attached hydrogens (tertiary/aromatic N) is 2. The SMILES string of the molecule is CN1CCCCC1CCN1CCOC(C(=N)N)C1. The van der Waals surface area contributed by atoms with Crippen LogP contribution < -0.4 is 5.73 Å². The van der Waals surface area contributed by atoms with E-state index in [0.717, 1.165) is 25.7 Å². The number of likely N-dealkylation sites (tertiary alicyclic amines) is 1. The maximum Gasteiger partial charge on any atom is 0.127 e. The average Bonchev–Trinajstić information content (AvgIpc) is 2.38. The highest BCUT2D eigenvalue weighted by Gasteiger charge is 2.24. The minimum Gasteiger partial charge on any atom is -0.385 e. The number of hydrogen-bond acceptors (Lipinski definition) is 4. The Morgan fingerprint density at radius 2 is 2.22 bits per heavy atom. The van der Waals surface area contributed by atoms with E-state index < -0.39 is 0 Å². The summed E-state index contributed by atoms with van der Waals surface area (Å²) < 4.78 is 5.48. The van der Waals surface area contributed by atoms with E-state index in [1.165, 1.54) is 32.2 Å². The lowest BCUT2D eigenvalue weighted by atomic mass is 10.00. The Morgan fingerprint density at radius 1 is 1.39 bits per heavy atom. The highest BCUT2D eigenvalue weighted by molar-refractivity contribution is 5.82. The van der Waals surface area contributed by atoms with E-state index in [0.29, 0.717) is 6.61 Å². The minimum atomic E-state index is -0.192. The summed E-state index contributed by atoms with van der Waals surface area (Å²) in [6, 6.07) is 0.734. The van der Waals surface area contributed by atoms with Crippen molar-refractivity contribution in [3.05, 3.63) is 0 Å². The summed E-state index contributed by atoms with van der Waals surface area (Å²) in [5.41, 5.74) is 5.51. The van der Waals surface area contributed by atoms with Crippen LogP contribution in [-0.4, -0.2) is 67.6 Å². The molecule has 2 aliphatic heterocycles. The van der Waals surface area contributed by atoms with Crippen LogP contribution in [0.25, 0.3) is 0 Å². The fourth-order valence-electron chi connectivity index (χ4n) is 2.93. The van der Waals surface area contributed by atoms with Crippen molar-refractivity contribution < 1.29 is 4.74 Å². The molecule has 2 unspecified atom stereocenters. The van der Waals surface area contributed by atoms with Crippen LogP contribution in [0.5, 0.6) is 0 Å². The third-order valence-corrected chi connectivity index (χ3v) is 4.20. The van der Waals surface area contributed by atoms with Crippen molar-refractivity contribution >= 4 is 5.84 Å². The molecule has 2 aliphatic rings. The number of amidine groups is 1. The Balaban J connectivity index is 1.74. The molecule has 0 aromatic rings. The Labute approximate surface area is 110 Å². The predicted molar refractivity (Wildman–Crippen MR) is 73.0 cm³/mol. The number of nitrogens with two attached hydrogens (primary N) is 1. The van der Waals surface area contributed by atoms with Crippen molar-refractivity contribution in [2.45, 2.75) is 37.8 Å². The molecule has 0 aromatic carbocycles. The van der Waals surface area contributed by atoms with Gasteiger partial charge in [-0.25, -0.2) is 0 Å². The van der Waals surface area contributed by atoms with E-state index >= 15 is 0 Å². The molecule has 2 saturated heterocycles. The number of nitrogens with one attached hydrogen (secondary N) is 1. The molecule has 2 atom stereocenters. The van der Waals surface area contributed by atoms with Gasteiger partial charge in [-0.2, -0.15) is 0 Å². The fraction of sp³-hybridized carbons (Fsp3) is 0.923. The van der Waals surface area contributed by atoms with Gasteiger partial charge in [0.1, 0.15) is 11.9 Å². The number of piperidine rings is 1. The largest absolute Gasteiger partial charge is 0.385 e. The molecule has 0 radical (unpaired) electrons. The monoisotopic (exact) mass is 254 g/mol. The smallest absolute Gasteiger partial charge is 0.127 e. The summed E-state index contributed by atoms with van der Waals surface area (Å²) in [6.45, 7) is 4.79. The Kier molecular flexibility index (Phi) is 4.97. The molecule has 5 heteroatoms. The highest BCUT2D eigenvalue weighted by Crippen LogP contribution is 2.18. The van der Waals surface area contributed by atoms with Gasteiger partial charge in [-0.3, -0.25) is 10.3 Å². The van der Waals surface area contributed by atoms with Gasteiger partial charge in [0.25, 0.3) is 0 Å². The zero-order valence-electron chi connectivity index (χ0n) is 11.4. The lowest BCUT2D eigenvalue weighted by molar-refractivity contribution is 0.00189. The molecule has 104 valence electrons. The van der Waals surface area contributed by atoms with Gasteiger partial charge in [-0.15, -0.1) is 0 Å². The lowest BCUT2D eigenvalue weighted by Crippen LogP contribution is -2.49. The fourth-order valence-corrected chi connectivity index (χ4v) is 2.93. The first-order valence-electron chi connectivity index (χ1n) is 7.05. The van der Waals surface area contributed by atoms with Crippen LogP contribution in [0.2, 0.25) is 0 Å². The third-order valence-electron chi connectivity index (χ3n) is 4.20. The van der Waals surface area contributed by atoms with Gasteiger partial charge in [0.2, 0.25) is 0 Å². The van der Waals surface area contributed by atoms with E-state index in [1.54, 1.807) is 0 Å². The second kappa shape index (κ2) is 6.50. The van der Waals surface area contributed by atoms with Crippen LogP contribution in [0, 0.1) is 5.41 Å². The van der Waals surface area contributed by atoms with E-state index in [2.05, 4.69) is 16.8 Å². The summed E-state index contributed by atoms with van der Waals surface area (Å²) in [6.07, 6.45) is 5.08. The second-order valence-electron chi connectivity index (χ2n) is 5.53. The molecule has 2 heterocycles. The van der Waals surface area contributed by atoms with Gasteiger partial charge in [0.05, 0.1) is 6.61 Å². The summed E-state index contributed by atoms with van der Waals surface area (Å²) >= 11 is 0. The molecule has 0 aromatic heterocycles. The average molecular weight is 254 g/mol. The number of morpholine rings is 1. The molecule has 0 bridgehead atoms. The topological polar surface area (TPSA) is 65.6 Å². The highest BCUT2D eigenvalue weighted by atomic mass is 16.5.